The second-order valence-corrected chi connectivity index (χ2v) is 2.43. The maximum Gasteiger partial charge on any atom is 0.445 e. The molecule has 4 nitrogen and oxygen atoms in total. The minimum Gasteiger partial charge on any atom is -0.370 e. The van der Waals surface area contributed by atoms with Gasteiger partial charge in [0, 0.05) is 0 Å². The third-order valence-electron chi connectivity index (χ3n) is 0.559. The average molecular weight is 164 g/mol. The van der Waals surface area contributed by atoms with Gasteiger partial charge in [-0.2, -0.15) is 8.42 Å². The highest BCUT2D eigenvalue weighted by Gasteiger charge is 1.97. The molecule has 1 N–H and O–H groups in total. The van der Waals surface area contributed by atoms with Crippen molar-refractivity contribution in [1.82, 2.24) is 0 Å². The summed E-state index contributed by atoms with van der Waals surface area (Å²) in [6, 6.07) is 0. The predicted molar refractivity (Wildman–Crippen MR) is 36.6 cm³/mol. The number of rotatable bonds is 3. The van der Waals surface area contributed by atoms with Crippen molar-refractivity contribution in [2.24, 2.45) is 0 Å². The molecule has 0 aliphatic carbocycles. The first-order chi connectivity index (χ1) is 4.56. The number of hydrogen-bond donors (Lipinski definition) is 1. The zero-order valence-corrected chi connectivity index (χ0v) is 6.21. The van der Waals surface area contributed by atoms with Gasteiger partial charge in [-0.1, -0.05) is 12.2 Å². The minimum atomic E-state index is -4.33. The van der Waals surface area contributed by atoms with Crippen molar-refractivity contribution >= 4 is 10.4 Å². The van der Waals surface area contributed by atoms with Crippen molar-refractivity contribution in [3.05, 3.63) is 24.5 Å². The third-order valence-corrected chi connectivity index (χ3v) is 0.914. The standard InChI is InChI=1S/C5H8O4S/c1-2-3-4-5-9-10(6,7)8/h2-5H,1H3,(H,6,7,8). The highest BCUT2D eigenvalue weighted by molar-refractivity contribution is 7.81. The fourth-order valence-electron chi connectivity index (χ4n) is 0.259. The van der Waals surface area contributed by atoms with E-state index < -0.39 is 10.4 Å². The molecule has 0 aromatic heterocycles. The maximum absolute atomic E-state index is 9.85. The predicted octanol–water partition coefficient (Wildman–Crippen LogP) is 0.896. The van der Waals surface area contributed by atoms with E-state index in [0.29, 0.717) is 0 Å². The van der Waals surface area contributed by atoms with E-state index in [2.05, 4.69) is 4.18 Å². The average Bonchev–Trinajstić information content (AvgIpc) is 1.78. The van der Waals surface area contributed by atoms with Crippen LogP contribution < -0.4 is 0 Å². The van der Waals surface area contributed by atoms with Gasteiger partial charge in [-0.15, -0.1) is 0 Å². The molecular weight excluding hydrogens is 156 g/mol. The summed E-state index contributed by atoms with van der Waals surface area (Å²) < 4.78 is 31.5. The van der Waals surface area contributed by atoms with E-state index in [-0.39, 0.29) is 0 Å². The van der Waals surface area contributed by atoms with Crippen molar-refractivity contribution < 1.29 is 17.2 Å². The molecule has 0 bridgehead atoms. The van der Waals surface area contributed by atoms with E-state index in [0.717, 1.165) is 6.26 Å². The largest absolute Gasteiger partial charge is 0.445 e. The summed E-state index contributed by atoms with van der Waals surface area (Å²) in [5, 5.41) is 0. The monoisotopic (exact) mass is 164 g/mol. The van der Waals surface area contributed by atoms with Gasteiger partial charge in [0.2, 0.25) is 0 Å². The van der Waals surface area contributed by atoms with Crippen molar-refractivity contribution in [2.45, 2.75) is 6.92 Å². The van der Waals surface area contributed by atoms with E-state index in [4.69, 9.17) is 4.55 Å². The van der Waals surface area contributed by atoms with E-state index in [1.54, 1.807) is 19.1 Å². The topological polar surface area (TPSA) is 63.6 Å². The van der Waals surface area contributed by atoms with Gasteiger partial charge in [0.05, 0.1) is 0 Å². The lowest BCUT2D eigenvalue weighted by Crippen LogP contribution is -1.96. The normalized spacial score (nSPS) is 13.0. The number of allylic oxidation sites excluding steroid dienone is 3. The highest BCUT2D eigenvalue weighted by Crippen LogP contribution is 1.86. The molecule has 0 aromatic rings. The van der Waals surface area contributed by atoms with Gasteiger partial charge in [0.15, 0.2) is 0 Å². The summed E-state index contributed by atoms with van der Waals surface area (Å²) in [6.07, 6.45) is 5.46. The smallest absolute Gasteiger partial charge is 0.370 e. The Labute approximate surface area is 59.8 Å². The van der Waals surface area contributed by atoms with Crippen LogP contribution in [0, 0.1) is 0 Å². The summed E-state index contributed by atoms with van der Waals surface area (Å²) in [5.74, 6) is 0. The maximum atomic E-state index is 9.85. The van der Waals surface area contributed by atoms with Gasteiger partial charge in [0.25, 0.3) is 0 Å². The van der Waals surface area contributed by atoms with Crippen molar-refractivity contribution in [2.75, 3.05) is 0 Å². The summed E-state index contributed by atoms with van der Waals surface area (Å²) in [7, 11) is -4.33. The Balaban J connectivity index is 3.76. The zero-order chi connectivity index (χ0) is 8.04. The SMILES string of the molecule is CC=CC=COS(=O)(=O)O. The lowest BCUT2D eigenvalue weighted by Gasteiger charge is -1.89. The van der Waals surface area contributed by atoms with Crippen LogP contribution in [0.25, 0.3) is 0 Å². The van der Waals surface area contributed by atoms with Crippen LogP contribution in [0.2, 0.25) is 0 Å². The molecule has 0 aliphatic rings. The summed E-state index contributed by atoms with van der Waals surface area (Å²) >= 11 is 0. The molecule has 0 aliphatic heterocycles. The summed E-state index contributed by atoms with van der Waals surface area (Å²) in [4.78, 5) is 0. The Morgan fingerprint density at radius 1 is 1.40 bits per heavy atom. The van der Waals surface area contributed by atoms with Gasteiger partial charge < -0.3 is 4.18 Å². The van der Waals surface area contributed by atoms with Gasteiger partial charge in [0.1, 0.15) is 6.26 Å². The Morgan fingerprint density at radius 3 is 2.40 bits per heavy atom. The van der Waals surface area contributed by atoms with Crippen LogP contribution in [-0.4, -0.2) is 13.0 Å². The van der Waals surface area contributed by atoms with Crippen LogP contribution >= 0.6 is 0 Å². The van der Waals surface area contributed by atoms with Crippen LogP contribution in [-0.2, 0) is 14.6 Å². The van der Waals surface area contributed by atoms with Gasteiger partial charge in [-0.3, -0.25) is 4.55 Å². The molecule has 0 heterocycles. The van der Waals surface area contributed by atoms with Crippen LogP contribution in [0.3, 0.4) is 0 Å². The number of hydrogen-bond acceptors (Lipinski definition) is 3. The first-order valence-corrected chi connectivity index (χ1v) is 3.86. The molecule has 0 radical (unpaired) electrons. The van der Waals surface area contributed by atoms with Crippen LogP contribution in [0.4, 0.5) is 0 Å². The lowest BCUT2D eigenvalue weighted by atomic mass is 10.5. The van der Waals surface area contributed by atoms with Crippen molar-refractivity contribution in [3.63, 3.8) is 0 Å². The Hall–Kier alpha value is -0.810. The molecule has 10 heavy (non-hydrogen) atoms. The van der Waals surface area contributed by atoms with Gasteiger partial charge in [-0.05, 0) is 13.0 Å². The van der Waals surface area contributed by atoms with E-state index in [9.17, 15) is 8.42 Å². The Kier molecular flexibility index (Phi) is 3.75. The van der Waals surface area contributed by atoms with E-state index >= 15 is 0 Å². The molecule has 58 valence electrons. The molecule has 0 fully saturated rings. The minimum absolute atomic E-state index is 0.870. The summed E-state index contributed by atoms with van der Waals surface area (Å²) in [5.41, 5.74) is 0. The highest BCUT2D eigenvalue weighted by atomic mass is 32.3. The molecule has 5 heteroatoms. The van der Waals surface area contributed by atoms with Gasteiger partial charge in [-0.25, -0.2) is 0 Å². The third kappa shape index (κ3) is 7.19. The first kappa shape index (κ1) is 9.19. The molecule has 0 saturated carbocycles. The lowest BCUT2D eigenvalue weighted by molar-refractivity contribution is 0.356. The zero-order valence-electron chi connectivity index (χ0n) is 5.39. The Morgan fingerprint density at radius 2 is 2.00 bits per heavy atom. The first-order valence-electron chi connectivity index (χ1n) is 2.50. The van der Waals surface area contributed by atoms with Crippen LogP contribution in [0.15, 0.2) is 24.5 Å². The molecule has 0 saturated heterocycles. The van der Waals surface area contributed by atoms with Crippen molar-refractivity contribution in [1.29, 1.82) is 0 Å². The van der Waals surface area contributed by atoms with E-state index in [1.807, 2.05) is 0 Å². The second-order valence-electron chi connectivity index (χ2n) is 1.38. The molecular formula is C5H8O4S. The quantitative estimate of drug-likeness (QED) is 0.382. The fourth-order valence-corrected chi connectivity index (χ4v) is 0.463. The van der Waals surface area contributed by atoms with Crippen LogP contribution in [0.1, 0.15) is 6.92 Å². The molecule has 0 aromatic carbocycles. The van der Waals surface area contributed by atoms with Crippen molar-refractivity contribution in [3.8, 4) is 0 Å². The molecule has 0 spiro atoms. The second kappa shape index (κ2) is 4.08. The molecule has 0 amide bonds. The van der Waals surface area contributed by atoms with Crippen LogP contribution in [0.5, 0.6) is 0 Å². The molecule has 0 atom stereocenters. The molecule has 0 rings (SSSR count). The fraction of sp³-hybridized carbons (Fsp3) is 0.200. The molecule has 0 unspecified atom stereocenters. The summed E-state index contributed by atoms with van der Waals surface area (Å²) in [6.45, 7) is 1.76. The Bertz CT molecular complexity index is 224. The van der Waals surface area contributed by atoms with E-state index in [1.165, 1.54) is 6.08 Å². The van der Waals surface area contributed by atoms with Gasteiger partial charge >= 0.3 is 10.4 Å².